The summed E-state index contributed by atoms with van der Waals surface area (Å²) in [6.45, 7) is 6.51. The van der Waals surface area contributed by atoms with E-state index in [2.05, 4.69) is 37.9 Å². The maximum absolute atomic E-state index is 11.4. The second-order valence-electron chi connectivity index (χ2n) is 4.93. The lowest BCUT2D eigenvalue weighted by Gasteiger charge is -2.19. The average molecular weight is 216 g/mol. The summed E-state index contributed by atoms with van der Waals surface area (Å²) < 4.78 is 1.59. The number of benzene rings is 1. The fourth-order valence-electron chi connectivity index (χ4n) is 1.65. The summed E-state index contributed by atoms with van der Waals surface area (Å²) in [6.07, 6.45) is 3.37. The zero-order valence-corrected chi connectivity index (χ0v) is 9.82. The Kier molecular flexibility index (Phi) is 2.46. The number of aromatic nitrogens is 2. The van der Waals surface area contributed by atoms with Gasteiger partial charge in [0.25, 0.3) is 0 Å². The molecular weight excluding hydrogens is 200 g/mol. The van der Waals surface area contributed by atoms with Gasteiger partial charge in [-0.2, -0.15) is 0 Å². The van der Waals surface area contributed by atoms with E-state index < -0.39 is 0 Å². The molecule has 84 valence electrons. The lowest BCUT2D eigenvalue weighted by Crippen LogP contribution is -2.15. The molecule has 0 fully saturated rings. The topological polar surface area (TPSA) is 37.8 Å². The van der Waals surface area contributed by atoms with Crippen molar-refractivity contribution >= 4 is 0 Å². The molecule has 0 aliphatic carbocycles. The fraction of sp³-hybridized carbons (Fsp3) is 0.308. The Labute approximate surface area is 94.7 Å². The van der Waals surface area contributed by atoms with Crippen LogP contribution in [0.4, 0.5) is 0 Å². The Balaban J connectivity index is 2.41. The van der Waals surface area contributed by atoms with Crippen molar-refractivity contribution in [1.29, 1.82) is 0 Å². The Morgan fingerprint density at radius 2 is 1.75 bits per heavy atom. The normalized spacial score (nSPS) is 11.7. The smallest absolute Gasteiger partial charge is 0.312 e. The molecular formula is C13H16N2O. The number of imidazole rings is 1. The molecule has 0 amide bonds. The van der Waals surface area contributed by atoms with E-state index in [0.717, 1.165) is 5.69 Å². The molecule has 2 rings (SSSR count). The fourth-order valence-corrected chi connectivity index (χ4v) is 1.65. The van der Waals surface area contributed by atoms with Crippen molar-refractivity contribution in [3.8, 4) is 5.69 Å². The second-order valence-corrected chi connectivity index (χ2v) is 4.93. The van der Waals surface area contributed by atoms with Crippen LogP contribution in [-0.4, -0.2) is 9.55 Å². The van der Waals surface area contributed by atoms with Crippen LogP contribution in [0.5, 0.6) is 0 Å². The number of H-pyrrole nitrogens is 1. The predicted octanol–water partition coefficient (Wildman–Crippen LogP) is 2.46. The maximum atomic E-state index is 11.4. The number of aromatic amines is 1. The third kappa shape index (κ3) is 1.94. The maximum Gasteiger partial charge on any atom is 0.330 e. The molecule has 1 aromatic carbocycles. The second kappa shape index (κ2) is 3.67. The molecule has 0 saturated heterocycles. The van der Waals surface area contributed by atoms with Gasteiger partial charge in [-0.05, 0) is 23.1 Å². The van der Waals surface area contributed by atoms with Gasteiger partial charge in [-0.25, -0.2) is 4.79 Å². The number of rotatable bonds is 1. The highest BCUT2D eigenvalue weighted by Crippen LogP contribution is 2.22. The monoisotopic (exact) mass is 216 g/mol. The van der Waals surface area contributed by atoms with Crippen LogP contribution in [0, 0.1) is 0 Å². The minimum Gasteiger partial charge on any atom is -0.312 e. The van der Waals surface area contributed by atoms with Crippen LogP contribution in [0.3, 0.4) is 0 Å². The standard InChI is InChI=1S/C13H16N2O/c1-13(2,3)10-4-6-11(7-5-10)15-9-8-14-12(15)16/h4-9H,1-3H3,(H,14,16). The Hall–Kier alpha value is -1.77. The molecule has 1 aromatic heterocycles. The van der Waals surface area contributed by atoms with Gasteiger partial charge in [-0.15, -0.1) is 0 Å². The SMILES string of the molecule is CC(C)(C)c1ccc(-n2cc[nH]c2=O)cc1. The zero-order chi connectivity index (χ0) is 11.8. The van der Waals surface area contributed by atoms with Crippen molar-refractivity contribution in [1.82, 2.24) is 9.55 Å². The highest BCUT2D eigenvalue weighted by Gasteiger charge is 2.13. The molecule has 16 heavy (non-hydrogen) atoms. The van der Waals surface area contributed by atoms with Crippen LogP contribution in [0.1, 0.15) is 26.3 Å². The van der Waals surface area contributed by atoms with E-state index in [1.54, 1.807) is 17.0 Å². The molecule has 0 saturated carbocycles. The van der Waals surface area contributed by atoms with Crippen LogP contribution in [0.25, 0.3) is 5.69 Å². The first-order valence-corrected chi connectivity index (χ1v) is 5.35. The van der Waals surface area contributed by atoms with E-state index in [1.165, 1.54) is 5.56 Å². The van der Waals surface area contributed by atoms with Crippen LogP contribution in [0.2, 0.25) is 0 Å². The molecule has 0 spiro atoms. The first-order valence-electron chi connectivity index (χ1n) is 5.35. The van der Waals surface area contributed by atoms with Gasteiger partial charge in [0.05, 0.1) is 5.69 Å². The van der Waals surface area contributed by atoms with Crippen LogP contribution < -0.4 is 5.69 Å². The minimum absolute atomic E-state index is 0.108. The van der Waals surface area contributed by atoms with E-state index in [9.17, 15) is 4.79 Å². The van der Waals surface area contributed by atoms with Crippen molar-refractivity contribution in [2.45, 2.75) is 26.2 Å². The van der Waals surface area contributed by atoms with E-state index in [4.69, 9.17) is 0 Å². The summed E-state index contributed by atoms with van der Waals surface area (Å²) in [6, 6.07) is 8.06. The lowest BCUT2D eigenvalue weighted by molar-refractivity contribution is 0.590. The van der Waals surface area contributed by atoms with Gasteiger partial charge in [0, 0.05) is 12.4 Å². The van der Waals surface area contributed by atoms with E-state index >= 15 is 0 Å². The van der Waals surface area contributed by atoms with E-state index in [-0.39, 0.29) is 11.1 Å². The van der Waals surface area contributed by atoms with Crippen LogP contribution in [0.15, 0.2) is 41.5 Å². The van der Waals surface area contributed by atoms with Crippen molar-refractivity contribution in [3.63, 3.8) is 0 Å². The van der Waals surface area contributed by atoms with Crippen molar-refractivity contribution in [2.75, 3.05) is 0 Å². The van der Waals surface area contributed by atoms with Crippen LogP contribution in [-0.2, 0) is 5.41 Å². The number of nitrogens with one attached hydrogen (secondary N) is 1. The highest BCUT2D eigenvalue weighted by molar-refractivity contribution is 5.36. The summed E-state index contributed by atoms with van der Waals surface area (Å²) in [5.41, 5.74) is 2.18. The molecule has 0 radical (unpaired) electrons. The third-order valence-electron chi connectivity index (χ3n) is 2.66. The number of hydrogen-bond acceptors (Lipinski definition) is 1. The third-order valence-corrected chi connectivity index (χ3v) is 2.66. The number of hydrogen-bond donors (Lipinski definition) is 1. The van der Waals surface area contributed by atoms with Gasteiger partial charge >= 0.3 is 5.69 Å². The van der Waals surface area contributed by atoms with Gasteiger partial charge in [0.1, 0.15) is 0 Å². The molecule has 0 atom stereocenters. The van der Waals surface area contributed by atoms with Gasteiger partial charge in [-0.1, -0.05) is 32.9 Å². The molecule has 0 unspecified atom stereocenters. The van der Waals surface area contributed by atoms with Crippen molar-refractivity contribution in [2.24, 2.45) is 0 Å². The Morgan fingerprint density at radius 3 is 2.19 bits per heavy atom. The summed E-state index contributed by atoms with van der Waals surface area (Å²) in [4.78, 5) is 14.0. The largest absolute Gasteiger partial charge is 0.330 e. The zero-order valence-electron chi connectivity index (χ0n) is 9.82. The first-order chi connectivity index (χ1) is 7.48. The average Bonchev–Trinajstić information content (AvgIpc) is 2.63. The van der Waals surface area contributed by atoms with Crippen LogP contribution >= 0.6 is 0 Å². The quantitative estimate of drug-likeness (QED) is 0.781. The predicted molar refractivity (Wildman–Crippen MR) is 65.1 cm³/mol. The number of nitrogens with zero attached hydrogens (tertiary/aromatic N) is 1. The molecule has 1 N–H and O–H groups in total. The highest BCUT2D eigenvalue weighted by atomic mass is 16.1. The molecule has 1 heterocycles. The molecule has 3 nitrogen and oxygen atoms in total. The summed E-state index contributed by atoms with van der Waals surface area (Å²) in [5, 5.41) is 0. The molecule has 0 bridgehead atoms. The summed E-state index contributed by atoms with van der Waals surface area (Å²) in [7, 11) is 0. The lowest BCUT2D eigenvalue weighted by atomic mass is 9.87. The minimum atomic E-state index is -0.108. The molecule has 0 aliphatic heterocycles. The van der Waals surface area contributed by atoms with Gasteiger partial charge in [-0.3, -0.25) is 4.57 Å². The molecule has 0 aliphatic rings. The molecule has 3 heteroatoms. The Morgan fingerprint density at radius 1 is 1.12 bits per heavy atom. The first kappa shape index (κ1) is 10.7. The Bertz CT molecular complexity index is 526. The summed E-state index contributed by atoms with van der Waals surface area (Å²) >= 11 is 0. The summed E-state index contributed by atoms with van der Waals surface area (Å²) in [5.74, 6) is 0. The van der Waals surface area contributed by atoms with Gasteiger partial charge in [0.2, 0.25) is 0 Å². The molecule has 2 aromatic rings. The van der Waals surface area contributed by atoms with Gasteiger partial charge in [0.15, 0.2) is 0 Å². The van der Waals surface area contributed by atoms with Crippen molar-refractivity contribution < 1.29 is 0 Å². The van der Waals surface area contributed by atoms with E-state index in [0.29, 0.717) is 0 Å². The van der Waals surface area contributed by atoms with Gasteiger partial charge < -0.3 is 4.98 Å². The van der Waals surface area contributed by atoms with E-state index in [1.807, 2.05) is 12.1 Å². The van der Waals surface area contributed by atoms with Crippen molar-refractivity contribution in [3.05, 3.63) is 52.7 Å².